The summed E-state index contributed by atoms with van der Waals surface area (Å²) in [6, 6.07) is 5.33. The van der Waals surface area contributed by atoms with Crippen LogP contribution in [0.2, 0.25) is 0 Å². The Morgan fingerprint density at radius 2 is 2.29 bits per heavy atom. The number of carbonyl (C=O) groups is 1. The van der Waals surface area contributed by atoms with Gasteiger partial charge in [0.2, 0.25) is 0 Å². The number of aliphatic hydroxyl groups is 1. The van der Waals surface area contributed by atoms with E-state index in [1.165, 1.54) is 0 Å². The van der Waals surface area contributed by atoms with Crippen molar-refractivity contribution in [3.8, 4) is 5.75 Å². The number of likely N-dealkylation sites (tertiary alicyclic amines) is 1. The monoisotopic (exact) mass is 292 g/mol. The quantitative estimate of drug-likeness (QED) is 0.900. The van der Waals surface area contributed by atoms with Gasteiger partial charge in [-0.05, 0) is 37.3 Å². The van der Waals surface area contributed by atoms with Crippen molar-refractivity contribution < 1.29 is 14.6 Å². The Bertz CT molecular complexity index is 504. The number of hydrogen-bond acceptors (Lipinski definition) is 3. The zero-order valence-corrected chi connectivity index (χ0v) is 12.9. The summed E-state index contributed by atoms with van der Waals surface area (Å²) in [5.41, 5.74) is 1.73. The fraction of sp³-hybridized carbons (Fsp3) is 0.562. The van der Waals surface area contributed by atoms with Crippen LogP contribution in [0, 0.1) is 12.8 Å². The summed E-state index contributed by atoms with van der Waals surface area (Å²) >= 11 is 0. The first-order valence-corrected chi connectivity index (χ1v) is 7.40. The number of carbonyl (C=O) groups excluding carboxylic acids is 1. The number of rotatable bonds is 3. The van der Waals surface area contributed by atoms with Gasteiger partial charge < -0.3 is 20.1 Å². The molecule has 0 saturated carbocycles. The number of aryl methyl sites for hydroxylation is 1. The molecular weight excluding hydrogens is 268 g/mol. The molecule has 2 unspecified atom stereocenters. The van der Waals surface area contributed by atoms with E-state index in [2.05, 4.69) is 12.2 Å². The molecule has 1 fully saturated rings. The minimum atomic E-state index is -0.156. The van der Waals surface area contributed by atoms with Gasteiger partial charge in [-0.1, -0.05) is 13.0 Å². The smallest absolute Gasteiger partial charge is 0.322 e. The van der Waals surface area contributed by atoms with Gasteiger partial charge in [-0.25, -0.2) is 4.79 Å². The second kappa shape index (κ2) is 6.80. The average Bonchev–Trinajstić information content (AvgIpc) is 2.49. The third-order valence-corrected chi connectivity index (χ3v) is 4.25. The molecule has 0 radical (unpaired) electrons. The van der Waals surface area contributed by atoms with Crippen LogP contribution in [0.4, 0.5) is 10.5 Å². The molecule has 0 bridgehead atoms. The molecule has 0 spiro atoms. The molecule has 2 N–H and O–H groups in total. The number of methoxy groups -OCH3 is 1. The van der Waals surface area contributed by atoms with Crippen molar-refractivity contribution in [1.82, 2.24) is 4.90 Å². The Hall–Kier alpha value is -1.75. The summed E-state index contributed by atoms with van der Waals surface area (Å²) in [5.74, 6) is 1.03. The van der Waals surface area contributed by atoms with Crippen LogP contribution in [0.3, 0.4) is 0 Å². The number of nitrogens with one attached hydrogen (secondary N) is 1. The summed E-state index contributed by atoms with van der Waals surface area (Å²) in [4.78, 5) is 14.2. The van der Waals surface area contributed by atoms with Gasteiger partial charge >= 0.3 is 6.03 Å². The van der Waals surface area contributed by atoms with Crippen LogP contribution in [-0.2, 0) is 0 Å². The van der Waals surface area contributed by atoms with Crippen LogP contribution < -0.4 is 10.1 Å². The minimum absolute atomic E-state index is 0.00563. The summed E-state index contributed by atoms with van der Waals surface area (Å²) in [7, 11) is 1.60. The lowest BCUT2D eigenvalue weighted by Gasteiger charge is -2.39. The van der Waals surface area contributed by atoms with Crippen LogP contribution in [0.5, 0.6) is 5.75 Å². The third kappa shape index (κ3) is 3.47. The summed E-state index contributed by atoms with van der Waals surface area (Å²) < 4.78 is 5.19. The Morgan fingerprint density at radius 3 is 2.95 bits per heavy atom. The summed E-state index contributed by atoms with van der Waals surface area (Å²) in [6.45, 7) is 4.71. The molecule has 1 aromatic rings. The van der Waals surface area contributed by atoms with E-state index in [4.69, 9.17) is 4.74 Å². The van der Waals surface area contributed by atoms with E-state index in [0.717, 1.165) is 24.1 Å². The van der Waals surface area contributed by atoms with Gasteiger partial charge in [0.15, 0.2) is 0 Å². The van der Waals surface area contributed by atoms with Crippen molar-refractivity contribution in [3.05, 3.63) is 23.8 Å². The number of anilines is 1. The van der Waals surface area contributed by atoms with E-state index in [9.17, 15) is 9.90 Å². The molecule has 2 atom stereocenters. The number of aliphatic hydroxyl groups excluding tert-OH is 1. The normalized spacial score (nSPS) is 22.0. The van der Waals surface area contributed by atoms with Crippen molar-refractivity contribution in [2.75, 3.05) is 25.6 Å². The second-order valence-electron chi connectivity index (χ2n) is 5.67. The average molecular weight is 292 g/mol. The first kappa shape index (κ1) is 15.6. The first-order chi connectivity index (χ1) is 10.1. The number of benzene rings is 1. The van der Waals surface area contributed by atoms with Gasteiger partial charge in [-0.15, -0.1) is 0 Å². The highest BCUT2D eigenvalue weighted by Gasteiger charge is 2.31. The van der Waals surface area contributed by atoms with E-state index in [0.29, 0.717) is 18.2 Å². The van der Waals surface area contributed by atoms with E-state index >= 15 is 0 Å². The zero-order chi connectivity index (χ0) is 15.4. The predicted molar refractivity (Wildman–Crippen MR) is 82.7 cm³/mol. The van der Waals surface area contributed by atoms with Crippen molar-refractivity contribution in [2.24, 2.45) is 5.92 Å². The van der Waals surface area contributed by atoms with E-state index in [1.54, 1.807) is 12.0 Å². The van der Waals surface area contributed by atoms with Crippen LogP contribution in [0.25, 0.3) is 0 Å². The zero-order valence-electron chi connectivity index (χ0n) is 12.9. The molecule has 1 aliphatic rings. The maximum Gasteiger partial charge on any atom is 0.322 e. The SMILES string of the molecule is COc1ccc(C)c(NC(=O)N2CCCC(C)C2CO)c1. The van der Waals surface area contributed by atoms with Crippen molar-refractivity contribution in [1.29, 1.82) is 0 Å². The molecule has 2 rings (SSSR count). The van der Waals surface area contributed by atoms with Gasteiger partial charge in [0.1, 0.15) is 5.75 Å². The van der Waals surface area contributed by atoms with Gasteiger partial charge in [0.25, 0.3) is 0 Å². The van der Waals surface area contributed by atoms with Crippen LogP contribution in [0.15, 0.2) is 18.2 Å². The third-order valence-electron chi connectivity index (χ3n) is 4.25. The minimum Gasteiger partial charge on any atom is -0.497 e. The van der Waals surface area contributed by atoms with Crippen molar-refractivity contribution in [2.45, 2.75) is 32.7 Å². The largest absolute Gasteiger partial charge is 0.497 e. The van der Waals surface area contributed by atoms with Crippen LogP contribution in [-0.4, -0.2) is 42.3 Å². The van der Waals surface area contributed by atoms with Crippen LogP contribution in [0.1, 0.15) is 25.3 Å². The maximum atomic E-state index is 12.5. The Kier molecular flexibility index (Phi) is 5.07. The molecule has 0 aromatic heterocycles. The molecule has 5 heteroatoms. The Morgan fingerprint density at radius 1 is 1.52 bits per heavy atom. The standard InChI is InChI=1S/C16H24N2O3/c1-11-6-7-13(21-3)9-14(11)17-16(20)18-8-4-5-12(2)15(18)10-19/h6-7,9,12,15,19H,4-5,8,10H2,1-3H3,(H,17,20). The number of nitrogens with zero attached hydrogens (tertiary/aromatic N) is 1. The van der Waals surface area contributed by atoms with E-state index in [-0.39, 0.29) is 18.7 Å². The lowest BCUT2D eigenvalue weighted by atomic mass is 9.91. The molecule has 2 amide bonds. The summed E-state index contributed by atoms with van der Waals surface area (Å²) in [5, 5.41) is 12.5. The Labute approximate surface area is 125 Å². The molecule has 116 valence electrons. The molecule has 5 nitrogen and oxygen atoms in total. The van der Waals surface area contributed by atoms with Gasteiger partial charge in [-0.3, -0.25) is 0 Å². The van der Waals surface area contributed by atoms with E-state index < -0.39 is 0 Å². The molecule has 21 heavy (non-hydrogen) atoms. The molecule has 1 aromatic carbocycles. The maximum absolute atomic E-state index is 12.5. The fourth-order valence-corrected chi connectivity index (χ4v) is 2.83. The number of amides is 2. The number of urea groups is 1. The molecule has 0 aliphatic carbocycles. The van der Waals surface area contributed by atoms with E-state index in [1.807, 2.05) is 25.1 Å². The second-order valence-corrected chi connectivity index (χ2v) is 5.67. The lowest BCUT2D eigenvalue weighted by molar-refractivity contribution is 0.0811. The topological polar surface area (TPSA) is 61.8 Å². The predicted octanol–water partition coefficient (Wildman–Crippen LogP) is 2.63. The molecular formula is C16H24N2O3. The van der Waals surface area contributed by atoms with Crippen molar-refractivity contribution >= 4 is 11.7 Å². The molecule has 1 saturated heterocycles. The van der Waals surface area contributed by atoms with Gasteiger partial charge in [0.05, 0.1) is 19.8 Å². The molecule has 1 aliphatic heterocycles. The fourth-order valence-electron chi connectivity index (χ4n) is 2.83. The first-order valence-electron chi connectivity index (χ1n) is 7.40. The Balaban J connectivity index is 2.13. The number of piperidine rings is 1. The van der Waals surface area contributed by atoms with Gasteiger partial charge in [-0.2, -0.15) is 0 Å². The van der Waals surface area contributed by atoms with Crippen molar-refractivity contribution in [3.63, 3.8) is 0 Å². The highest BCUT2D eigenvalue weighted by atomic mass is 16.5. The van der Waals surface area contributed by atoms with Crippen LogP contribution >= 0.6 is 0 Å². The molecule has 1 heterocycles. The number of ether oxygens (including phenoxy) is 1. The summed E-state index contributed by atoms with van der Waals surface area (Å²) in [6.07, 6.45) is 2.02. The highest BCUT2D eigenvalue weighted by molar-refractivity contribution is 5.90. The number of hydrogen-bond donors (Lipinski definition) is 2. The lowest BCUT2D eigenvalue weighted by Crippen LogP contribution is -2.51. The highest BCUT2D eigenvalue weighted by Crippen LogP contribution is 2.26. The van der Waals surface area contributed by atoms with Gasteiger partial charge in [0, 0.05) is 18.3 Å².